The van der Waals surface area contributed by atoms with E-state index >= 15 is 0 Å². The minimum atomic E-state index is -0.165. The molecule has 1 N–H and O–H groups in total. The number of carbonyl (C=O) groups excluding carboxylic acids is 1. The van der Waals surface area contributed by atoms with Crippen molar-refractivity contribution in [1.29, 1.82) is 0 Å². The molecule has 2 aromatic carbocycles. The predicted octanol–water partition coefficient (Wildman–Crippen LogP) is 4.00. The Bertz CT molecular complexity index is 870. The van der Waals surface area contributed by atoms with Crippen LogP contribution in [0.2, 0.25) is 0 Å². The Morgan fingerprint density at radius 2 is 1.46 bits per heavy atom. The van der Waals surface area contributed by atoms with E-state index in [9.17, 15) is 4.79 Å². The molecular formula is C21H20N4O. The quantitative estimate of drug-likeness (QED) is 0.777. The molecule has 2 heterocycles. The van der Waals surface area contributed by atoms with Gasteiger partial charge in [-0.1, -0.05) is 42.5 Å². The zero-order valence-corrected chi connectivity index (χ0v) is 14.4. The molecular weight excluding hydrogens is 324 g/mol. The van der Waals surface area contributed by atoms with Gasteiger partial charge >= 0.3 is 0 Å². The highest BCUT2D eigenvalue weighted by molar-refractivity contribution is 6.04. The molecule has 0 atom stereocenters. The van der Waals surface area contributed by atoms with Gasteiger partial charge in [0.25, 0.3) is 5.91 Å². The fraction of sp³-hybridized carbons (Fsp3) is 0.190. The number of hydrogen-bond acceptors (Lipinski definition) is 4. The summed E-state index contributed by atoms with van der Waals surface area (Å²) in [4.78, 5) is 23.3. The van der Waals surface area contributed by atoms with Crippen molar-refractivity contribution in [1.82, 2.24) is 9.97 Å². The van der Waals surface area contributed by atoms with Crippen LogP contribution in [0.15, 0.2) is 67.0 Å². The van der Waals surface area contributed by atoms with Crippen LogP contribution in [-0.2, 0) is 0 Å². The summed E-state index contributed by atoms with van der Waals surface area (Å²) in [6, 6.07) is 17.7. The fourth-order valence-electron chi connectivity index (χ4n) is 3.11. The summed E-state index contributed by atoms with van der Waals surface area (Å²) >= 11 is 0. The summed E-state index contributed by atoms with van der Waals surface area (Å²) in [6.45, 7) is 2.00. The third-order valence-corrected chi connectivity index (χ3v) is 4.54. The molecule has 1 aliphatic heterocycles. The normalized spacial score (nSPS) is 13.6. The van der Waals surface area contributed by atoms with E-state index in [1.807, 2.05) is 54.6 Å². The van der Waals surface area contributed by atoms with E-state index in [2.05, 4.69) is 20.2 Å². The van der Waals surface area contributed by atoms with Gasteiger partial charge in [-0.05, 0) is 36.1 Å². The molecule has 0 saturated carbocycles. The van der Waals surface area contributed by atoms with E-state index in [0.717, 1.165) is 30.2 Å². The van der Waals surface area contributed by atoms with Crippen LogP contribution in [0.25, 0.3) is 11.1 Å². The van der Waals surface area contributed by atoms with Gasteiger partial charge in [0.2, 0.25) is 5.95 Å². The third-order valence-electron chi connectivity index (χ3n) is 4.54. The Labute approximate surface area is 152 Å². The molecule has 4 rings (SSSR count). The van der Waals surface area contributed by atoms with E-state index in [-0.39, 0.29) is 5.91 Å². The standard InChI is InChI=1S/C21H20N4O/c26-20(18-10-8-17(9-11-18)16-6-2-1-3-7-16)24-19-14-22-21(23-15-19)25-12-4-5-13-25/h1-3,6-11,14-15H,4-5,12-13H2,(H,24,26). The molecule has 0 spiro atoms. The molecule has 1 aliphatic rings. The van der Waals surface area contributed by atoms with Gasteiger partial charge < -0.3 is 10.2 Å². The number of nitrogens with zero attached hydrogens (tertiary/aromatic N) is 3. The van der Waals surface area contributed by atoms with E-state index in [4.69, 9.17) is 0 Å². The van der Waals surface area contributed by atoms with Crippen LogP contribution in [0.5, 0.6) is 0 Å². The van der Waals surface area contributed by atoms with Gasteiger partial charge in [-0.3, -0.25) is 4.79 Å². The fourth-order valence-corrected chi connectivity index (χ4v) is 3.11. The first-order chi connectivity index (χ1) is 12.8. The van der Waals surface area contributed by atoms with Crippen LogP contribution in [0.3, 0.4) is 0 Å². The zero-order valence-electron chi connectivity index (χ0n) is 14.4. The molecule has 3 aromatic rings. The lowest BCUT2D eigenvalue weighted by molar-refractivity contribution is 0.102. The molecule has 130 valence electrons. The Balaban J connectivity index is 1.43. The predicted molar refractivity (Wildman–Crippen MR) is 103 cm³/mol. The molecule has 5 heteroatoms. The average molecular weight is 344 g/mol. The van der Waals surface area contributed by atoms with Gasteiger partial charge in [0, 0.05) is 18.7 Å². The van der Waals surface area contributed by atoms with Gasteiger partial charge in [0.1, 0.15) is 0 Å². The highest BCUT2D eigenvalue weighted by atomic mass is 16.1. The lowest BCUT2D eigenvalue weighted by atomic mass is 10.0. The summed E-state index contributed by atoms with van der Waals surface area (Å²) in [7, 11) is 0. The Morgan fingerprint density at radius 3 is 2.12 bits per heavy atom. The van der Waals surface area contributed by atoms with E-state index in [1.54, 1.807) is 12.4 Å². The SMILES string of the molecule is O=C(Nc1cnc(N2CCCC2)nc1)c1ccc(-c2ccccc2)cc1. The second kappa shape index (κ2) is 7.35. The Hall–Kier alpha value is -3.21. The first-order valence-corrected chi connectivity index (χ1v) is 8.83. The molecule has 0 unspecified atom stereocenters. The van der Waals surface area contributed by atoms with Crippen molar-refractivity contribution in [3.63, 3.8) is 0 Å². The Kier molecular flexibility index (Phi) is 4.60. The minimum Gasteiger partial charge on any atom is -0.341 e. The number of anilines is 2. The summed E-state index contributed by atoms with van der Waals surface area (Å²) in [5.41, 5.74) is 3.42. The second-order valence-electron chi connectivity index (χ2n) is 6.36. The van der Waals surface area contributed by atoms with Crippen LogP contribution in [0, 0.1) is 0 Å². The van der Waals surface area contributed by atoms with E-state index in [0.29, 0.717) is 11.3 Å². The smallest absolute Gasteiger partial charge is 0.255 e. The van der Waals surface area contributed by atoms with Gasteiger partial charge in [0.15, 0.2) is 0 Å². The summed E-state index contributed by atoms with van der Waals surface area (Å²) in [5.74, 6) is 0.565. The summed E-state index contributed by atoms with van der Waals surface area (Å²) in [6.07, 6.45) is 5.69. The number of amides is 1. The number of aromatic nitrogens is 2. The second-order valence-corrected chi connectivity index (χ2v) is 6.36. The number of nitrogens with one attached hydrogen (secondary N) is 1. The number of benzene rings is 2. The molecule has 0 aliphatic carbocycles. The Morgan fingerprint density at radius 1 is 0.846 bits per heavy atom. The molecule has 1 amide bonds. The van der Waals surface area contributed by atoms with Gasteiger partial charge in [-0.15, -0.1) is 0 Å². The largest absolute Gasteiger partial charge is 0.341 e. The van der Waals surface area contributed by atoms with Gasteiger partial charge in [-0.2, -0.15) is 0 Å². The maximum atomic E-state index is 12.4. The molecule has 0 radical (unpaired) electrons. The number of carbonyl (C=O) groups is 1. The van der Waals surface area contributed by atoms with Crippen molar-refractivity contribution >= 4 is 17.5 Å². The molecule has 26 heavy (non-hydrogen) atoms. The topological polar surface area (TPSA) is 58.1 Å². The minimum absolute atomic E-state index is 0.165. The first kappa shape index (κ1) is 16.3. The number of hydrogen-bond donors (Lipinski definition) is 1. The molecule has 5 nitrogen and oxygen atoms in total. The van der Waals surface area contributed by atoms with Crippen LogP contribution in [0.4, 0.5) is 11.6 Å². The summed E-state index contributed by atoms with van der Waals surface area (Å²) in [5, 5.41) is 2.85. The van der Waals surface area contributed by atoms with Crippen LogP contribution in [-0.4, -0.2) is 29.0 Å². The van der Waals surface area contributed by atoms with Crippen molar-refractivity contribution in [3.8, 4) is 11.1 Å². The summed E-state index contributed by atoms with van der Waals surface area (Å²) < 4.78 is 0. The van der Waals surface area contributed by atoms with E-state index < -0.39 is 0 Å². The highest BCUT2D eigenvalue weighted by Gasteiger charge is 2.15. The maximum Gasteiger partial charge on any atom is 0.255 e. The van der Waals surface area contributed by atoms with Gasteiger partial charge in [-0.25, -0.2) is 9.97 Å². The number of rotatable bonds is 4. The van der Waals surface area contributed by atoms with Crippen molar-refractivity contribution in [2.24, 2.45) is 0 Å². The van der Waals surface area contributed by atoms with Crippen LogP contribution >= 0.6 is 0 Å². The molecule has 1 aromatic heterocycles. The third kappa shape index (κ3) is 3.57. The van der Waals surface area contributed by atoms with Gasteiger partial charge in [0.05, 0.1) is 18.1 Å². The average Bonchev–Trinajstić information content (AvgIpc) is 3.24. The van der Waals surface area contributed by atoms with Crippen LogP contribution < -0.4 is 10.2 Å². The van der Waals surface area contributed by atoms with Crippen molar-refractivity contribution in [2.45, 2.75) is 12.8 Å². The van der Waals surface area contributed by atoms with Crippen LogP contribution in [0.1, 0.15) is 23.2 Å². The molecule has 1 fully saturated rings. The highest BCUT2D eigenvalue weighted by Crippen LogP contribution is 2.20. The lowest BCUT2D eigenvalue weighted by Gasteiger charge is -2.14. The first-order valence-electron chi connectivity index (χ1n) is 8.83. The zero-order chi connectivity index (χ0) is 17.8. The van der Waals surface area contributed by atoms with E-state index in [1.165, 1.54) is 12.8 Å². The van der Waals surface area contributed by atoms with Crippen molar-refractivity contribution in [2.75, 3.05) is 23.3 Å². The monoisotopic (exact) mass is 344 g/mol. The van der Waals surface area contributed by atoms with Crippen molar-refractivity contribution < 1.29 is 4.79 Å². The molecule has 0 bridgehead atoms. The van der Waals surface area contributed by atoms with Crippen molar-refractivity contribution in [3.05, 3.63) is 72.6 Å². The maximum absolute atomic E-state index is 12.4. The molecule has 1 saturated heterocycles. The lowest BCUT2D eigenvalue weighted by Crippen LogP contribution is -2.20.